The van der Waals surface area contributed by atoms with E-state index in [1.54, 1.807) is 11.8 Å². The maximum atomic E-state index is 11.0. The standard InChI is InChI=1S/C27H32N2O4S/c1-20-13-25(6-7-26(20)33-18-27(28)30)34-19-23-14-22(3-2-8-29-9-11-31-12-10-29)15-24(16-23)32-17-21-4-5-21/h6-7,13-16,21H,4-5,8-12,17-19H2,1H3,(H2,28,30). The predicted octanol–water partition coefficient (Wildman–Crippen LogP) is 3.62. The van der Waals surface area contributed by atoms with Gasteiger partial charge in [0.25, 0.3) is 5.91 Å². The molecule has 4 rings (SSSR count). The summed E-state index contributed by atoms with van der Waals surface area (Å²) in [5.74, 6) is 9.26. The lowest BCUT2D eigenvalue weighted by molar-refractivity contribution is -0.119. The first-order chi connectivity index (χ1) is 16.5. The second-order valence-electron chi connectivity index (χ2n) is 8.78. The van der Waals surface area contributed by atoms with Crippen LogP contribution in [-0.2, 0) is 15.3 Å². The van der Waals surface area contributed by atoms with Crippen LogP contribution in [0.5, 0.6) is 11.5 Å². The first-order valence-corrected chi connectivity index (χ1v) is 12.7. The van der Waals surface area contributed by atoms with Gasteiger partial charge in [0.15, 0.2) is 6.61 Å². The van der Waals surface area contributed by atoms with Crippen molar-refractivity contribution in [1.29, 1.82) is 0 Å². The van der Waals surface area contributed by atoms with Crippen LogP contribution < -0.4 is 15.2 Å². The topological polar surface area (TPSA) is 74.0 Å². The smallest absolute Gasteiger partial charge is 0.255 e. The summed E-state index contributed by atoms with van der Waals surface area (Å²) in [7, 11) is 0. The summed E-state index contributed by atoms with van der Waals surface area (Å²) in [6, 6.07) is 12.3. The van der Waals surface area contributed by atoms with Gasteiger partial charge in [0.1, 0.15) is 11.5 Å². The van der Waals surface area contributed by atoms with Gasteiger partial charge in [0, 0.05) is 29.3 Å². The lowest BCUT2D eigenvalue weighted by Crippen LogP contribution is -2.36. The molecule has 2 N–H and O–H groups in total. The average Bonchev–Trinajstić information content (AvgIpc) is 3.66. The minimum Gasteiger partial charge on any atom is -0.493 e. The number of nitrogens with two attached hydrogens (primary N) is 1. The highest BCUT2D eigenvalue weighted by atomic mass is 32.2. The van der Waals surface area contributed by atoms with Gasteiger partial charge in [-0.1, -0.05) is 11.8 Å². The molecule has 1 saturated carbocycles. The zero-order valence-electron chi connectivity index (χ0n) is 19.7. The molecule has 1 aliphatic carbocycles. The van der Waals surface area contributed by atoms with E-state index in [2.05, 4.69) is 41.0 Å². The SMILES string of the molecule is Cc1cc(SCc2cc(C#CCN3CCOCC3)cc(OCC3CC3)c2)ccc1OCC(N)=O. The Hall–Kier alpha value is -2.66. The average molecular weight is 481 g/mol. The molecule has 6 nitrogen and oxygen atoms in total. The maximum Gasteiger partial charge on any atom is 0.255 e. The van der Waals surface area contributed by atoms with Crippen LogP contribution in [0.4, 0.5) is 0 Å². The van der Waals surface area contributed by atoms with E-state index in [0.717, 1.165) is 67.0 Å². The van der Waals surface area contributed by atoms with Crippen molar-refractivity contribution in [2.45, 2.75) is 30.4 Å². The van der Waals surface area contributed by atoms with Crippen LogP contribution in [0, 0.1) is 24.7 Å². The Labute approximate surface area is 206 Å². The summed E-state index contributed by atoms with van der Waals surface area (Å²) in [4.78, 5) is 14.4. The zero-order valence-corrected chi connectivity index (χ0v) is 20.5. The van der Waals surface area contributed by atoms with Crippen LogP contribution in [0.3, 0.4) is 0 Å². The summed E-state index contributed by atoms with van der Waals surface area (Å²) < 4.78 is 16.9. The first-order valence-electron chi connectivity index (χ1n) is 11.8. The number of primary amides is 1. The molecule has 2 aromatic rings. The fraction of sp³-hybridized carbons (Fsp3) is 0.444. The Morgan fingerprint density at radius 2 is 2.00 bits per heavy atom. The molecule has 0 atom stereocenters. The third-order valence-corrected chi connectivity index (χ3v) is 6.77. The summed E-state index contributed by atoms with van der Waals surface area (Å²) in [6.45, 7) is 6.83. The molecule has 7 heteroatoms. The highest BCUT2D eigenvalue weighted by Gasteiger charge is 2.22. The van der Waals surface area contributed by atoms with Crippen LogP contribution in [-0.4, -0.2) is 56.9 Å². The van der Waals surface area contributed by atoms with E-state index < -0.39 is 5.91 Å². The van der Waals surface area contributed by atoms with E-state index >= 15 is 0 Å². The third-order valence-electron chi connectivity index (χ3n) is 5.71. The van der Waals surface area contributed by atoms with E-state index in [1.165, 1.54) is 18.4 Å². The summed E-state index contributed by atoms with van der Waals surface area (Å²) in [6.07, 6.45) is 2.53. The molecule has 180 valence electrons. The van der Waals surface area contributed by atoms with E-state index in [1.807, 2.05) is 19.1 Å². The lowest BCUT2D eigenvalue weighted by atomic mass is 10.1. The first kappa shape index (κ1) is 24.5. The molecule has 34 heavy (non-hydrogen) atoms. The van der Waals surface area contributed by atoms with Gasteiger partial charge in [-0.15, -0.1) is 11.8 Å². The van der Waals surface area contributed by atoms with Crippen LogP contribution in [0.25, 0.3) is 0 Å². The van der Waals surface area contributed by atoms with Gasteiger partial charge in [-0.25, -0.2) is 0 Å². The minimum atomic E-state index is -0.481. The number of nitrogens with zero attached hydrogens (tertiary/aromatic N) is 1. The normalized spacial score (nSPS) is 15.9. The van der Waals surface area contributed by atoms with Crippen molar-refractivity contribution in [3.8, 4) is 23.3 Å². The second kappa shape index (κ2) is 12.2. The number of hydrogen-bond donors (Lipinski definition) is 1. The molecule has 2 aromatic carbocycles. The van der Waals surface area contributed by atoms with Crippen molar-refractivity contribution >= 4 is 17.7 Å². The summed E-state index contributed by atoms with van der Waals surface area (Å²) in [5, 5.41) is 0. The Morgan fingerprint density at radius 1 is 1.18 bits per heavy atom. The molecule has 0 radical (unpaired) electrons. The molecule has 0 aromatic heterocycles. The Balaban J connectivity index is 1.41. The lowest BCUT2D eigenvalue weighted by Gasteiger charge is -2.24. The maximum absolute atomic E-state index is 11.0. The number of hydrogen-bond acceptors (Lipinski definition) is 6. The number of amides is 1. The minimum absolute atomic E-state index is 0.115. The molecular formula is C27H32N2O4S. The van der Waals surface area contributed by atoms with E-state index in [0.29, 0.717) is 11.7 Å². The van der Waals surface area contributed by atoms with Gasteiger partial charge in [0.2, 0.25) is 0 Å². The van der Waals surface area contributed by atoms with E-state index in [-0.39, 0.29) is 6.61 Å². The monoisotopic (exact) mass is 480 g/mol. The molecule has 1 heterocycles. The quantitative estimate of drug-likeness (QED) is 0.414. The van der Waals surface area contributed by atoms with Crippen LogP contribution in [0.15, 0.2) is 41.3 Å². The van der Waals surface area contributed by atoms with Gasteiger partial charge >= 0.3 is 0 Å². The van der Waals surface area contributed by atoms with E-state index in [9.17, 15) is 4.79 Å². The van der Waals surface area contributed by atoms with Gasteiger partial charge in [0.05, 0.1) is 26.4 Å². The van der Waals surface area contributed by atoms with Crippen LogP contribution in [0.1, 0.15) is 29.5 Å². The molecule has 1 saturated heterocycles. The number of benzene rings is 2. The predicted molar refractivity (Wildman–Crippen MR) is 134 cm³/mol. The molecule has 1 amide bonds. The fourth-order valence-corrected chi connectivity index (χ4v) is 4.52. The molecule has 2 aliphatic rings. The number of aryl methyl sites for hydroxylation is 1. The van der Waals surface area contributed by atoms with Gasteiger partial charge in [-0.05, 0) is 73.2 Å². The van der Waals surface area contributed by atoms with Crippen molar-refractivity contribution in [1.82, 2.24) is 4.90 Å². The van der Waals surface area contributed by atoms with Crippen LogP contribution >= 0.6 is 11.8 Å². The summed E-state index contributed by atoms with van der Waals surface area (Å²) in [5.41, 5.74) is 8.32. The number of morpholine rings is 1. The van der Waals surface area contributed by atoms with Crippen molar-refractivity contribution in [2.75, 3.05) is 46.1 Å². The van der Waals surface area contributed by atoms with E-state index in [4.69, 9.17) is 19.9 Å². The number of thioether (sulfide) groups is 1. The molecule has 0 spiro atoms. The number of carbonyl (C=O) groups excluding carboxylic acids is 1. The van der Waals surface area contributed by atoms with Gasteiger partial charge in [-0.3, -0.25) is 9.69 Å². The van der Waals surface area contributed by atoms with Crippen molar-refractivity contribution in [3.63, 3.8) is 0 Å². The molecule has 0 bridgehead atoms. The number of carbonyl (C=O) groups is 1. The fourth-order valence-electron chi connectivity index (χ4n) is 3.60. The van der Waals surface area contributed by atoms with Gasteiger partial charge < -0.3 is 19.9 Å². The van der Waals surface area contributed by atoms with Crippen LogP contribution in [0.2, 0.25) is 0 Å². The number of rotatable bonds is 10. The largest absolute Gasteiger partial charge is 0.493 e. The Morgan fingerprint density at radius 3 is 2.74 bits per heavy atom. The molecular weight excluding hydrogens is 448 g/mol. The Kier molecular flexibility index (Phi) is 8.75. The van der Waals surface area contributed by atoms with Crippen molar-refractivity contribution < 1.29 is 19.0 Å². The summed E-state index contributed by atoms with van der Waals surface area (Å²) >= 11 is 1.75. The van der Waals surface area contributed by atoms with Crippen molar-refractivity contribution in [3.05, 3.63) is 53.1 Å². The molecule has 2 fully saturated rings. The Bertz CT molecular complexity index is 1050. The molecule has 0 unspecified atom stereocenters. The highest BCUT2D eigenvalue weighted by molar-refractivity contribution is 7.98. The zero-order chi connectivity index (χ0) is 23.8. The number of ether oxygens (including phenoxy) is 3. The third kappa shape index (κ3) is 7.98. The van der Waals surface area contributed by atoms with Gasteiger partial charge in [-0.2, -0.15) is 0 Å². The van der Waals surface area contributed by atoms with Crippen molar-refractivity contribution in [2.24, 2.45) is 11.7 Å². The highest BCUT2D eigenvalue weighted by Crippen LogP contribution is 2.32. The second-order valence-corrected chi connectivity index (χ2v) is 9.83. The molecule has 1 aliphatic heterocycles.